The summed E-state index contributed by atoms with van der Waals surface area (Å²) in [4.78, 5) is 0. The van der Waals surface area contributed by atoms with E-state index in [1.807, 2.05) is 18.2 Å². The van der Waals surface area contributed by atoms with Gasteiger partial charge < -0.3 is 5.11 Å². The van der Waals surface area contributed by atoms with Gasteiger partial charge in [0.2, 0.25) is 0 Å². The van der Waals surface area contributed by atoms with Crippen LogP contribution < -0.4 is 4.72 Å². The highest BCUT2D eigenvalue weighted by molar-refractivity contribution is 7.87. The van der Waals surface area contributed by atoms with Crippen LogP contribution in [0.2, 0.25) is 0 Å². The van der Waals surface area contributed by atoms with Gasteiger partial charge in [-0.2, -0.15) is 17.4 Å². The molecule has 1 aromatic carbocycles. The average Bonchev–Trinajstić information content (AvgIpc) is 2.76. The van der Waals surface area contributed by atoms with Gasteiger partial charge in [0.25, 0.3) is 10.2 Å². The number of hydrogen-bond donors (Lipinski definition) is 2. The maximum absolute atomic E-state index is 12.3. The summed E-state index contributed by atoms with van der Waals surface area (Å²) in [6.45, 7) is 2.70. The van der Waals surface area contributed by atoms with Crippen LogP contribution in [0.4, 0.5) is 0 Å². The van der Waals surface area contributed by atoms with Crippen LogP contribution in [0.15, 0.2) is 30.3 Å². The summed E-state index contributed by atoms with van der Waals surface area (Å²) in [6, 6.07) is 9.10. The lowest BCUT2D eigenvalue weighted by atomic mass is 9.97. The molecule has 5 nitrogen and oxygen atoms in total. The number of rotatable bonds is 5. The Labute approximate surface area is 127 Å². The van der Waals surface area contributed by atoms with Gasteiger partial charge in [0, 0.05) is 19.6 Å². The minimum Gasteiger partial charge on any atom is -0.384 e. The number of benzene rings is 1. The van der Waals surface area contributed by atoms with E-state index in [2.05, 4.69) is 4.72 Å². The number of hydrogen-bond acceptors (Lipinski definition) is 3. The lowest BCUT2D eigenvalue weighted by molar-refractivity contribution is 0.0623. The molecule has 1 heterocycles. The van der Waals surface area contributed by atoms with Crippen molar-refractivity contribution in [1.29, 1.82) is 0 Å². The van der Waals surface area contributed by atoms with E-state index in [-0.39, 0.29) is 6.54 Å². The van der Waals surface area contributed by atoms with Crippen LogP contribution in [0.5, 0.6) is 0 Å². The second kappa shape index (κ2) is 6.87. The molecular formula is C15H24N2O3S. The van der Waals surface area contributed by atoms with Crippen LogP contribution in [0, 0.1) is 0 Å². The molecule has 0 bridgehead atoms. The predicted molar refractivity (Wildman–Crippen MR) is 83.0 cm³/mol. The van der Waals surface area contributed by atoms with Crippen LogP contribution in [0.25, 0.3) is 0 Å². The van der Waals surface area contributed by atoms with Crippen molar-refractivity contribution in [1.82, 2.24) is 9.03 Å². The minimum atomic E-state index is -3.52. The molecule has 0 saturated carbocycles. The van der Waals surface area contributed by atoms with Crippen molar-refractivity contribution >= 4 is 10.2 Å². The third-order valence-corrected chi connectivity index (χ3v) is 5.45. The molecule has 2 rings (SSSR count). The van der Waals surface area contributed by atoms with Gasteiger partial charge in [-0.1, -0.05) is 43.2 Å². The van der Waals surface area contributed by atoms with E-state index in [4.69, 9.17) is 0 Å². The second-order valence-corrected chi connectivity index (χ2v) is 7.53. The first kappa shape index (κ1) is 16.4. The molecule has 118 valence electrons. The number of nitrogens with one attached hydrogen (secondary N) is 1. The summed E-state index contributed by atoms with van der Waals surface area (Å²) in [5.74, 6) is 0. The summed E-state index contributed by atoms with van der Waals surface area (Å²) in [6.07, 6.45) is 3.95. The quantitative estimate of drug-likeness (QED) is 0.868. The molecule has 0 aromatic heterocycles. The van der Waals surface area contributed by atoms with Gasteiger partial charge in [-0.15, -0.1) is 0 Å². The molecule has 1 aromatic rings. The topological polar surface area (TPSA) is 69.6 Å². The van der Waals surface area contributed by atoms with E-state index in [9.17, 15) is 13.5 Å². The number of aliphatic hydroxyl groups is 1. The Morgan fingerprint density at radius 2 is 1.71 bits per heavy atom. The van der Waals surface area contributed by atoms with Crippen molar-refractivity contribution in [3.8, 4) is 0 Å². The highest BCUT2D eigenvalue weighted by atomic mass is 32.2. The summed E-state index contributed by atoms with van der Waals surface area (Å²) >= 11 is 0. The van der Waals surface area contributed by atoms with Crippen molar-refractivity contribution in [3.05, 3.63) is 35.9 Å². The van der Waals surface area contributed by atoms with E-state index < -0.39 is 15.8 Å². The van der Waals surface area contributed by atoms with Gasteiger partial charge in [0.1, 0.15) is 5.60 Å². The molecule has 0 aliphatic carbocycles. The first-order valence-corrected chi connectivity index (χ1v) is 8.88. The predicted octanol–water partition coefficient (Wildman–Crippen LogP) is 1.60. The molecule has 1 atom stereocenters. The van der Waals surface area contributed by atoms with E-state index in [1.54, 1.807) is 19.1 Å². The Kier molecular flexibility index (Phi) is 5.37. The van der Waals surface area contributed by atoms with Crippen LogP contribution in [0.3, 0.4) is 0 Å². The molecule has 21 heavy (non-hydrogen) atoms. The molecule has 0 radical (unpaired) electrons. The summed E-state index contributed by atoms with van der Waals surface area (Å²) in [5, 5.41) is 10.5. The first-order chi connectivity index (χ1) is 9.92. The molecule has 1 aliphatic heterocycles. The second-order valence-electron chi connectivity index (χ2n) is 5.78. The summed E-state index contributed by atoms with van der Waals surface area (Å²) in [5.41, 5.74) is -0.524. The van der Waals surface area contributed by atoms with Gasteiger partial charge in [-0.25, -0.2) is 0 Å². The van der Waals surface area contributed by atoms with Crippen LogP contribution in [-0.4, -0.2) is 37.5 Å². The molecule has 0 spiro atoms. The maximum Gasteiger partial charge on any atom is 0.279 e. The van der Waals surface area contributed by atoms with Crippen molar-refractivity contribution in [3.63, 3.8) is 0 Å². The zero-order valence-electron chi connectivity index (χ0n) is 12.5. The summed E-state index contributed by atoms with van der Waals surface area (Å²) < 4.78 is 28.7. The smallest absolute Gasteiger partial charge is 0.279 e. The minimum absolute atomic E-state index is 0.0319. The van der Waals surface area contributed by atoms with E-state index in [0.717, 1.165) is 25.7 Å². The summed E-state index contributed by atoms with van der Waals surface area (Å²) in [7, 11) is -3.52. The Morgan fingerprint density at radius 3 is 2.29 bits per heavy atom. The van der Waals surface area contributed by atoms with Crippen molar-refractivity contribution in [2.75, 3.05) is 19.6 Å². The molecule has 1 unspecified atom stereocenters. The molecule has 6 heteroatoms. The monoisotopic (exact) mass is 312 g/mol. The Bertz CT molecular complexity index is 535. The van der Waals surface area contributed by atoms with Crippen LogP contribution >= 0.6 is 0 Å². The molecule has 0 amide bonds. The fourth-order valence-electron chi connectivity index (χ4n) is 2.50. The van der Waals surface area contributed by atoms with E-state index in [1.165, 1.54) is 4.31 Å². The van der Waals surface area contributed by atoms with Crippen molar-refractivity contribution in [2.24, 2.45) is 0 Å². The molecule has 2 N–H and O–H groups in total. The van der Waals surface area contributed by atoms with E-state index in [0.29, 0.717) is 18.7 Å². The standard InChI is InChI=1S/C15H24N2O3S/c1-15(18,14-9-5-4-6-10-14)13-16-21(19,20)17-11-7-2-3-8-12-17/h4-6,9-10,16,18H,2-3,7-8,11-13H2,1H3. The fourth-order valence-corrected chi connectivity index (χ4v) is 3.89. The Morgan fingerprint density at radius 1 is 1.14 bits per heavy atom. The Balaban J connectivity index is 2.00. The third-order valence-electron chi connectivity index (χ3n) is 3.90. The molecular weight excluding hydrogens is 288 g/mol. The van der Waals surface area contributed by atoms with E-state index >= 15 is 0 Å². The zero-order valence-corrected chi connectivity index (χ0v) is 13.3. The van der Waals surface area contributed by atoms with Crippen LogP contribution in [0.1, 0.15) is 38.2 Å². The average molecular weight is 312 g/mol. The van der Waals surface area contributed by atoms with Gasteiger partial charge in [-0.05, 0) is 25.3 Å². The highest BCUT2D eigenvalue weighted by Crippen LogP contribution is 2.20. The SMILES string of the molecule is CC(O)(CNS(=O)(=O)N1CCCCCC1)c1ccccc1. The molecule has 1 saturated heterocycles. The molecule has 1 fully saturated rings. The molecule has 1 aliphatic rings. The first-order valence-electron chi connectivity index (χ1n) is 7.44. The van der Waals surface area contributed by atoms with Gasteiger partial charge >= 0.3 is 0 Å². The lowest BCUT2D eigenvalue weighted by Crippen LogP contribution is -2.46. The largest absolute Gasteiger partial charge is 0.384 e. The number of nitrogens with zero attached hydrogens (tertiary/aromatic N) is 1. The Hall–Kier alpha value is -0.950. The zero-order chi connectivity index (χ0) is 15.3. The van der Waals surface area contributed by atoms with Crippen LogP contribution in [-0.2, 0) is 15.8 Å². The highest BCUT2D eigenvalue weighted by Gasteiger charge is 2.28. The maximum atomic E-state index is 12.3. The third kappa shape index (κ3) is 4.51. The van der Waals surface area contributed by atoms with Crippen molar-refractivity contribution in [2.45, 2.75) is 38.2 Å². The van der Waals surface area contributed by atoms with Gasteiger partial charge in [0.05, 0.1) is 0 Å². The fraction of sp³-hybridized carbons (Fsp3) is 0.600. The van der Waals surface area contributed by atoms with Gasteiger partial charge in [-0.3, -0.25) is 0 Å². The lowest BCUT2D eigenvalue weighted by Gasteiger charge is -2.27. The van der Waals surface area contributed by atoms with Crippen molar-refractivity contribution < 1.29 is 13.5 Å². The normalized spacial score (nSPS) is 20.7. The van der Waals surface area contributed by atoms with Gasteiger partial charge in [0.15, 0.2) is 0 Å².